The maximum absolute atomic E-state index is 14.5. The predicted molar refractivity (Wildman–Crippen MR) is 208 cm³/mol. The summed E-state index contributed by atoms with van der Waals surface area (Å²) in [6.07, 6.45) is -8.65. The van der Waals surface area contributed by atoms with Gasteiger partial charge in [-0.05, 0) is 104 Å². The van der Waals surface area contributed by atoms with E-state index >= 15 is 0 Å². The van der Waals surface area contributed by atoms with Crippen LogP contribution in [-0.4, -0.2) is 18.2 Å². The molecule has 1 fully saturated rings. The third-order valence-electron chi connectivity index (χ3n) is 11.9. The van der Waals surface area contributed by atoms with Crippen molar-refractivity contribution >= 4 is 0 Å². The normalized spacial score (nSPS) is 16.3. The molecule has 2 nitrogen and oxygen atoms in total. The average molecular weight is 862 g/mol. The highest BCUT2D eigenvalue weighted by molar-refractivity contribution is 5.48. The molecule has 338 valence electrons. The molecule has 1 aliphatic heterocycles. The summed E-state index contributed by atoms with van der Waals surface area (Å²) in [5.74, 6) is 0. The minimum atomic E-state index is -5.36. The van der Waals surface area contributed by atoms with Gasteiger partial charge >= 0.3 is 24.7 Å². The number of hydrogen-bond acceptors (Lipinski definition) is 2. The van der Waals surface area contributed by atoms with Gasteiger partial charge < -0.3 is 10.1 Å². The molecule has 1 N–H and O–H groups in total. The monoisotopic (exact) mass is 861 g/mol. The van der Waals surface area contributed by atoms with Crippen LogP contribution in [0.15, 0.2) is 36.4 Å². The molecule has 59 heavy (non-hydrogen) atoms. The third kappa shape index (κ3) is 14.6. The van der Waals surface area contributed by atoms with Gasteiger partial charge in [0.05, 0.1) is 27.9 Å². The number of ether oxygens (including phenoxy) is 1. The summed E-state index contributed by atoms with van der Waals surface area (Å²) in [4.78, 5) is 0. The Bertz CT molecular complexity index is 1420. The Kier molecular flexibility index (Phi) is 18.2. The van der Waals surface area contributed by atoms with E-state index in [0.29, 0.717) is 69.2 Å². The predicted octanol–water partition coefficient (Wildman–Crippen LogP) is 16.2. The molecule has 1 saturated heterocycles. The van der Waals surface area contributed by atoms with E-state index in [4.69, 9.17) is 4.74 Å². The van der Waals surface area contributed by atoms with E-state index in [0.717, 1.165) is 44.9 Å². The molecular formula is C45H63F12NO. The second-order valence-corrected chi connectivity index (χ2v) is 17.4. The highest BCUT2D eigenvalue weighted by Gasteiger charge is 2.53. The zero-order valence-electron chi connectivity index (χ0n) is 35.1. The van der Waals surface area contributed by atoms with Gasteiger partial charge in [0.1, 0.15) is 5.60 Å². The first-order valence-corrected chi connectivity index (χ1v) is 21.4. The number of alkyl halides is 12. The van der Waals surface area contributed by atoms with Crippen molar-refractivity contribution in [3.05, 3.63) is 69.8 Å². The summed E-state index contributed by atoms with van der Waals surface area (Å²) in [5, 5.41) is 3.03. The van der Waals surface area contributed by atoms with Gasteiger partial charge in [-0.15, -0.1) is 0 Å². The largest absolute Gasteiger partial charge is 0.416 e. The molecule has 1 atom stereocenters. The molecule has 0 amide bonds. The molecule has 2 aromatic rings. The molecular weight excluding hydrogens is 798 g/mol. The van der Waals surface area contributed by atoms with Crippen LogP contribution < -0.4 is 5.32 Å². The molecule has 0 saturated carbocycles. The standard InChI is InChI=1S/C45H63F12NO/c1-6-9-20-39(4,5)21-16-14-12-13-15-17-24-40(22-10-7-2,23-11-8-3)59-41(38-19-18-25-58-38,32-26-34(42(46,47)48)30-35(27-32)43(49,50)51)33-28-36(44(52,53)54)31-37(29-33)45(55,56)57/h26-31,38,58H,6-25H2,1-5H3/t38-/m1/s1. The fraction of sp³-hybridized carbons (Fsp3) is 0.733. The molecule has 0 bridgehead atoms. The van der Waals surface area contributed by atoms with E-state index in [1.807, 2.05) is 13.8 Å². The summed E-state index contributed by atoms with van der Waals surface area (Å²) in [6, 6.07) is 0.107. The number of halogens is 12. The van der Waals surface area contributed by atoms with Gasteiger partial charge in [-0.2, -0.15) is 52.7 Å². The van der Waals surface area contributed by atoms with E-state index in [-0.39, 0.29) is 49.8 Å². The van der Waals surface area contributed by atoms with Crippen molar-refractivity contribution < 1.29 is 57.4 Å². The van der Waals surface area contributed by atoms with Gasteiger partial charge in [0.25, 0.3) is 0 Å². The quantitative estimate of drug-likeness (QED) is 0.0888. The van der Waals surface area contributed by atoms with Crippen LogP contribution in [0.4, 0.5) is 52.7 Å². The molecule has 14 heteroatoms. The topological polar surface area (TPSA) is 21.3 Å². The van der Waals surface area contributed by atoms with E-state index in [1.165, 1.54) is 6.42 Å². The number of nitrogens with one attached hydrogen (secondary N) is 1. The second-order valence-electron chi connectivity index (χ2n) is 17.4. The number of rotatable bonds is 23. The fourth-order valence-electron chi connectivity index (χ4n) is 8.53. The summed E-state index contributed by atoms with van der Waals surface area (Å²) < 4.78 is 181. The Morgan fingerprint density at radius 2 is 0.797 bits per heavy atom. The Hall–Kier alpha value is -2.48. The Morgan fingerprint density at radius 1 is 0.475 bits per heavy atom. The second kappa shape index (κ2) is 21.1. The van der Waals surface area contributed by atoms with Crippen LogP contribution in [0.1, 0.15) is 190 Å². The lowest BCUT2D eigenvalue weighted by Crippen LogP contribution is -2.54. The lowest BCUT2D eigenvalue weighted by atomic mass is 9.75. The van der Waals surface area contributed by atoms with E-state index < -0.39 is 75.3 Å². The zero-order valence-corrected chi connectivity index (χ0v) is 35.1. The van der Waals surface area contributed by atoms with Gasteiger partial charge in [0.2, 0.25) is 0 Å². The van der Waals surface area contributed by atoms with Crippen molar-refractivity contribution in [1.29, 1.82) is 0 Å². The van der Waals surface area contributed by atoms with Crippen molar-refractivity contribution in [2.45, 2.75) is 199 Å². The lowest BCUT2D eigenvalue weighted by molar-refractivity contribution is -0.171. The summed E-state index contributed by atoms with van der Waals surface area (Å²) in [6.45, 7) is 10.6. The van der Waals surface area contributed by atoms with Crippen LogP contribution in [0.25, 0.3) is 0 Å². The first-order chi connectivity index (χ1) is 27.3. The highest BCUT2D eigenvalue weighted by Crippen LogP contribution is 2.51. The molecule has 1 aliphatic rings. The average Bonchev–Trinajstić information content (AvgIpc) is 3.69. The van der Waals surface area contributed by atoms with Crippen LogP contribution in [0.2, 0.25) is 0 Å². The number of hydrogen-bond donors (Lipinski definition) is 1. The van der Waals surface area contributed by atoms with Crippen molar-refractivity contribution in [1.82, 2.24) is 5.32 Å². The number of unbranched alkanes of at least 4 members (excludes halogenated alkanes) is 8. The highest BCUT2D eigenvalue weighted by atomic mass is 19.4. The van der Waals surface area contributed by atoms with Gasteiger partial charge in [-0.25, -0.2) is 0 Å². The van der Waals surface area contributed by atoms with Crippen molar-refractivity contribution in [3.63, 3.8) is 0 Å². The van der Waals surface area contributed by atoms with E-state index in [1.54, 1.807) is 0 Å². The van der Waals surface area contributed by atoms with Crippen LogP contribution in [0, 0.1) is 5.41 Å². The van der Waals surface area contributed by atoms with Gasteiger partial charge in [-0.1, -0.05) is 112 Å². The summed E-state index contributed by atoms with van der Waals surface area (Å²) in [7, 11) is 0. The minimum absolute atomic E-state index is 0.0118. The first kappa shape index (κ1) is 50.9. The number of benzene rings is 2. The third-order valence-corrected chi connectivity index (χ3v) is 11.9. The maximum atomic E-state index is 14.5. The Balaban J connectivity index is 2.30. The van der Waals surface area contributed by atoms with Crippen LogP contribution in [0.3, 0.4) is 0 Å². The van der Waals surface area contributed by atoms with Gasteiger partial charge in [-0.3, -0.25) is 0 Å². The Morgan fingerprint density at radius 3 is 1.15 bits per heavy atom. The van der Waals surface area contributed by atoms with Crippen molar-refractivity contribution in [2.75, 3.05) is 6.54 Å². The molecule has 2 aromatic carbocycles. The van der Waals surface area contributed by atoms with Gasteiger partial charge in [0.15, 0.2) is 0 Å². The first-order valence-electron chi connectivity index (χ1n) is 21.4. The maximum Gasteiger partial charge on any atom is 0.416 e. The summed E-state index contributed by atoms with van der Waals surface area (Å²) in [5.41, 5.74) is -12.4. The van der Waals surface area contributed by atoms with E-state index in [9.17, 15) is 52.7 Å². The Labute approximate surface area is 342 Å². The van der Waals surface area contributed by atoms with Crippen molar-refractivity contribution in [3.8, 4) is 0 Å². The van der Waals surface area contributed by atoms with Crippen LogP contribution in [-0.2, 0) is 35.0 Å². The summed E-state index contributed by atoms with van der Waals surface area (Å²) >= 11 is 0. The SMILES string of the molecule is CCCCC(C)(C)CCCCCCCCC(CCCC)(CCCC)OC(c1cc(C(F)(F)F)cc(C(F)(F)F)c1)(c1cc(C(F)(F)F)cc(C(F)(F)F)c1)[C@H]1CCCN1. The molecule has 1 heterocycles. The minimum Gasteiger partial charge on any atom is -0.357 e. The molecule has 0 spiro atoms. The molecule has 0 unspecified atom stereocenters. The smallest absolute Gasteiger partial charge is 0.357 e. The van der Waals surface area contributed by atoms with E-state index in [2.05, 4.69) is 26.1 Å². The molecule has 3 rings (SSSR count). The lowest BCUT2D eigenvalue weighted by Gasteiger charge is -2.49. The molecule has 0 radical (unpaired) electrons. The van der Waals surface area contributed by atoms with Crippen LogP contribution in [0.5, 0.6) is 0 Å². The zero-order chi connectivity index (χ0) is 44.3. The molecule has 0 aromatic heterocycles. The van der Waals surface area contributed by atoms with Crippen LogP contribution >= 0.6 is 0 Å². The van der Waals surface area contributed by atoms with Crippen molar-refractivity contribution in [2.24, 2.45) is 5.41 Å². The fourth-order valence-corrected chi connectivity index (χ4v) is 8.53. The van der Waals surface area contributed by atoms with Gasteiger partial charge in [0, 0.05) is 6.04 Å². The molecule has 0 aliphatic carbocycles.